The van der Waals surface area contributed by atoms with Crippen LogP contribution in [0.4, 0.5) is 0 Å². The molecule has 22 heavy (non-hydrogen) atoms. The first-order chi connectivity index (χ1) is 10.4. The zero-order valence-electron chi connectivity index (χ0n) is 13.6. The van der Waals surface area contributed by atoms with Crippen LogP contribution in [0.15, 0.2) is 28.8 Å². The zero-order valence-corrected chi connectivity index (χ0v) is 13.6. The van der Waals surface area contributed by atoms with E-state index in [0.717, 1.165) is 11.3 Å². The van der Waals surface area contributed by atoms with Gasteiger partial charge in [-0.25, -0.2) is 0 Å². The molecule has 0 saturated carbocycles. The van der Waals surface area contributed by atoms with Crippen LogP contribution in [0.5, 0.6) is 5.75 Å². The largest absolute Gasteiger partial charge is 0.491 e. The summed E-state index contributed by atoms with van der Waals surface area (Å²) >= 11 is 0. The maximum absolute atomic E-state index is 12.4. The number of carbonyl (C=O) groups excluding carboxylic acids is 1. The Morgan fingerprint density at radius 3 is 2.59 bits per heavy atom. The fourth-order valence-electron chi connectivity index (χ4n) is 2.29. The molecule has 1 N–H and O–H groups in total. The van der Waals surface area contributed by atoms with E-state index in [9.17, 15) is 4.79 Å². The summed E-state index contributed by atoms with van der Waals surface area (Å²) in [5.41, 5.74) is 2.08. The highest BCUT2D eigenvalue weighted by atomic mass is 16.5. The summed E-state index contributed by atoms with van der Waals surface area (Å²) in [6, 6.07) is 7.60. The van der Waals surface area contributed by atoms with Gasteiger partial charge in [0.25, 0.3) is 5.91 Å². The maximum atomic E-state index is 12.4. The van der Waals surface area contributed by atoms with E-state index in [1.54, 1.807) is 13.8 Å². The van der Waals surface area contributed by atoms with Crippen LogP contribution in [0, 0.1) is 13.8 Å². The standard InChI is InChI=1S/C17H22N2O3/c1-10(2)21-15-8-6-7-14(9-15)11(3)18-17(20)16-12(4)19-22-13(16)5/h6-11H,1-5H3,(H,18,20). The fraction of sp³-hybridized carbons (Fsp3) is 0.412. The van der Waals surface area contributed by atoms with Crippen LogP contribution in [0.25, 0.3) is 0 Å². The van der Waals surface area contributed by atoms with Crippen molar-refractivity contribution >= 4 is 5.91 Å². The Bertz CT molecular complexity index is 642. The van der Waals surface area contributed by atoms with Gasteiger partial charge in [0.1, 0.15) is 17.1 Å². The van der Waals surface area contributed by atoms with Crippen molar-refractivity contribution in [2.75, 3.05) is 0 Å². The number of nitrogens with zero attached hydrogens (tertiary/aromatic N) is 1. The van der Waals surface area contributed by atoms with Crippen LogP contribution in [0.3, 0.4) is 0 Å². The lowest BCUT2D eigenvalue weighted by atomic mass is 10.1. The number of hydrogen-bond donors (Lipinski definition) is 1. The lowest BCUT2D eigenvalue weighted by molar-refractivity contribution is 0.0937. The molecule has 1 heterocycles. The van der Waals surface area contributed by atoms with Crippen molar-refractivity contribution in [3.8, 4) is 5.75 Å². The van der Waals surface area contributed by atoms with Crippen LogP contribution >= 0.6 is 0 Å². The molecule has 0 aliphatic rings. The average molecular weight is 302 g/mol. The second-order valence-electron chi connectivity index (χ2n) is 5.63. The molecule has 1 aromatic heterocycles. The highest BCUT2D eigenvalue weighted by Crippen LogP contribution is 2.21. The van der Waals surface area contributed by atoms with E-state index in [0.29, 0.717) is 17.0 Å². The summed E-state index contributed by atoms with van der Waals surface area (Å²) < 4.78 is 10.7. The quantitative estimate of drug-likeness (QED) is 0.917. The number of aryl methyl sites for hydroxylation is 2. The molecular formula is C17H22N2O3. The number of carbonyl (C=O) groups is 1. The van der Waals surface area contributed by atoms with Crippen molar-refractivity contribution in [3.05, 3.63) is 46.8 Å². The van der Waals surface area contributed by atoms with Crippen LogP contribution < -0.4 is 10.1 Å². The number of hydrogen-bond acceptors (Lipinski definition) is 4. The van der Waals surface area contributed by atoms with Gasteiger partial charge in [0.05, 0.1) is 17.8 Å². The topological polar surface area (TPSA) is 64.4 Å². The van der Waals surface area contributed by atoms with Crippen LogP contribution in [-0.4, -0.2) is 17.2 Å². The van der Waals surface area contributed by atoms with E-state index >= 15 is 0 Å². The molecule has 0 bridgehead atoms. The average Bonchev–Trinajstić information content (AvgIpc) is 2.77. The van der Waals surface area contributed by atoms with E-state index in [1.807, 2.05) is 45.0 Å². The summed E-state index contributed by atoms with van der Waals surface area (Å²) in [5, 5.41) is 6.77. The first kappa shape index (κ1) is 16.1. The number of nitrogens with one attached hydrogen (secondary N) is 1. The summed E-state index contributed by atoms with van der Waals surface area (Å²) in [5.74, 6) is 1.14. The summed E-state index contributed by atoms with van der Waals surface area (Å²) in [4.78, 5) is 12.4. The Labute approximate surface area is 130 Å². The molecule has 0 aliphatic heterocycles. The Kier molecular flexibility index (Phi) is 4.85. The highest BCUT2D eigenvalue weighted by molar-refractivity contribution is 5.96. The molecule has 0 fully saturated rings. The van der Waals surface area contributed by atoms with E-state index < -0.39 is 0 Å². The van der Waals surface area contributed by atoms with Crippen LogP contribution in [0.2, 0.25) is 0 Å². The highest BCUT2D eigenvalue weighted by Gasteiger charge is 2.19. The van der Waals surface area contributed by atoms with Crippen molar-refractivity contribution in [2.45, 2.75) is 46.8 Å². The van der Waals surface area contributed by atoms with E-state index in [2.05, 4.69) is 10.5 Å². The minimum Gasteiger partial charge on any atom is -0.491 e. The lowest BCUT2D eigenvalue weighted by Gasteiger charge is -2.16. The summed E-state index contributed by atoms with van der Waals surface area (Å²) in [7, 11) is 0. The fourth-order valence-corrected chi connectivity index (χ4v) is 2.29. The molecule has 0 aliphatic carbocycles. The van der Waals surface area contributed by atoms with Crippen molar-refractivity contribution in [3.63, 3.8) is 0 Å². The third-order valence-corrected chi connectivity index (χ3v) is 3.34. The van der Waals surface area contributed by atoms with Crippen molar-refractivity contribution in [1.29, 1.82) is 0 Å². The molecule has 2 aromatic rings. The number of aromatic nitrogens is 1. The molecule has 0 spiro atoms. The molecule has 1 aromatic carbocycles. The normalized spacial score (nSPS) is 12.3. The molecule has 5 nitrogen and oxygen atoms in total. The number of benzene rings is 1. The molecule has 1 atom stereocenters. The predicted molar refractivity (Wildman–Crippen MR) is 84.1 cm³/mol. The monoisotopic (exact) mass is 302 g/mol. The first-order valence-electron chi connectivity index (χ1n) is 7.39. The van der Waals surface area contributed by atoms with Gasteiger partial charge < -0.3 is 14.6 Å². The molecule has 5 heteroatoms. The predicted octanol–water partition coefficient (Wildman–Crippen LogP) is 3.57. The molecule has 1 unspecified atom stereocenters. The van der Waals surface area contributed by atoms with Gasteiger partial charge in [-0.05, 0) is 52.3 Å². The Balaban J connectivity index is 2.12. The molecule has 0 radical (unpaired) electrons. The Morgan fingerprint density at radius 2 is 2.00 bits per heavy atom. The van der Waals surface area contributed by atoms with E-state index in [-0.39, 0.29) is 18.1 Å². The van der Waals surface area contributed by atoms with E-state index in [1.165, 1.54) is 0 Å². The first-order valence-corrected chi connectivity index (χ1v) is 7.39. The van der Waals surface area contributed by atoms with Gasteiger partial charge in [0, 0.05) is 0 Å². The van der Waals surface area contributed by atoms with Gasteiger partial charge >= 0.3 is 0 Å². The van der Waals surface area contributed by atoms with Crippen molar-refractivity contribution < 1.29 is 14.1 Å². The third kappa shape index (κ3) is 3.67. The van der Waals surface area contributed by atoms with Gasteiger partial charge in [-0.15, -0.1) is 0 Å². The van der Waals surface area contributed by atoms with Gasteiger partial charge in [-0.2, -0.15) is 0 Å². The van der Waals surface area contributed by atoms with Crippen LogP contribution in [0.1, 0.15) is 54.2 Å². The molecule has 118 valence electrons. The van der Waals surface area contributed by atoms with Crippen molar-refractivity contribution in [2.24, 2.45) is 0 Å². The smallest absolute Gasteiger partial charge is 0.257 e. The van der Waals surface area contributed by atoms with Gasteiger partial charge in [-0.3, -0.25) is 4.79 Å². The Morgan fingerprint density at radius 1 is 1.27 bits per heavy atom. The number of amides is 1. The molecular weight excluding hydrogens is 280 g/mol. The van der Waals surface area contributed by atoms with Gasteiger partial charge in [0.15, 0.2) is 0 Å². The second kappa shape index (κ2) is 6.64. The molecule has 1 amide bonds. The lowest BCUT2D eigenvalue weighted by Crippen LogP contribution is -2.27. The number of ether oxygens (including phenoxy) is 1. The SMILES string of the molecule is Cc1noc(C)c1C(=O)NC(C)c1cccc(OC(C)C)c1. The zero-order chi connectivity index (χ0) is 16.3. The van der Waals surface area contributed by atoms with Gasteiger partial charge in [0.2, 0.25) is 0 Å². The molecule has 0 saturated heterocycles. The minimum absolute atomic E-state index is 0.113. The minimum atomic E-state index is -0.182. The Hall–Kier alpha value is -2.30. The van der Waals surface area contributed by atoms with Crippen molar-refractivity contribution in [1.82, 2.24) is 10.5 Å². The molecule has 2 rings (SSSR count). The second-order valence-corrected chi connectivity index (χ2v) is 5.63. The van der Waals surface area contributed by atoms with E-state index in [4.69, 9.17) is 9.26 Å². The summed E-state index contributed by atoms with van der Waals surface area (Å²) in [6.07, 6.45) is 0.113. The number of rotatable bonds is 5. The maximum Gasteiger partial charge on any atom is 0.257 e. The third-order valence-electron chi connectivity index (χ3n) is 3.34. The van der Waals surface area contributed by atoms with Crippen LogP contribution in [-0.2, 0) is 0 Å². The summed E-state index contributed by atoms with van der Waals surface area (Å²) in [6.45, 7) is 9.39. The van der Waals surface area contributed by atoms with Gasteiger partial charge in [-0.1, -0.05) is 17.3 Å².